The van der Waals surface area contributed by atoms with Crippen molar-refractivity contribution in [2.45, 2.75) is 13.8 Å². The van der Waals surface area contributed by atoms with Crippen LogP contribution in [0, 0.1) is 5.92 Å². The molecule has 3 N–H and O–H groups in total. The number of benzene rings is 1. The first-order valence-electron chi connectivity index (χ1n) is 6.42. The van der Waals surface area contributed by atoms with Gasteiger partial charge in [0.2, 0.25) is 5.91 Å². The molecule has 0 aliphatic heterocycles. The average Bonchev–Trinajstić information content (AvgIpc) is 2.38. The Bertz CT molecular complexity index is 380. The van der Waals surface area contributed by atoms with Crippen molar-refractivity contribution in [2.24, 2.45) is 11.7 Å². The van der Waals surface area contributed by atoms with Crippen molar-refractivity contribution in [2.75, 3.05) is 30.0 Å². The zero-order chi connectivity index (χ0) is 14.1. The van der Waals surface area contributed by atoms with Gasteiger partial charge in [0, 0.05) is 18.0 Å². The highest BCUT2D eigenvalue weighted by molar-refractivity contribution is 7.99. The molecular weight excluding hydrogens is 260 g/mol. The number of thioether (sulfide) groups is 1. The molecule has 0 aromatic heterocycles. The van der Waals surface area contributed by atoms with Crippen LogP contribution in [0.25, 0.3) is 0 Å². The molecule has 106 valence electrons. The van der Waals surface area contributed by atoms with Gasteiger partial charge in [-0.15, -0.1) is 0 Å². The topological polar surface area (TPSA) is 64.3 Å². The van der Waals surface area contributed by atoms with Crippen LogP contribution >= 0.6 is 11.8 Å². The van der Waals surface area contributed by atoms with Gasteiger partial charge in [-0.1, -0.05) is 13.8 Å². The highest BCUT2D eigenvalue weighted by Crippen LogP contribution is 2.16. The molecule has 19 heavy (non-hydrogen) atoms. The van der Waals surface area contributed by atoms with Gasteiger partial charge in [0.05, 0.1) is 12.4 Å². The van der Waals surface area contributed by atoms with E-state index < -0.39 is 0 Å². The molecule has 0 aliphatic carbocycles. The van der Waals surface area contributed by atoms with Crippen LogP contribution in [-0.2, 0) is 4.79 Å². The van der Waals surface area contributed by atoms with Crippen molar-refractivity contribution in [3.8, 4) is 5.75 Å². The zero-order valence-electron chi connectivity index (χ0n) is 11.5. The lowest BCUT2D eigenvalue weighted by Crippen LogP contribution is -2.15. The number of carbonyl (C=O) groups excluding carboxylic acids is 1. The van der Waals surface area contributed by atoms with Gasteiger partial charge in [-0.25, -0.2) is 0 Å². The summed E-state index contributed by atoms with van der Waals surface area (Å²) in [5.41, 5.74) is 6.15. The Morgan fingerprint density at radius 2 is 2.05 bits per heavy atom. The standard InChI is InChI=1S/C14H22N2O2S/c1-11(2)9-18-13-5-3-12(4-6-13)16-14(17)10-19-8-7-15/h3-6,11H,7-10,15H2,1-2H3,(H,16,17). The summed E-state index contributed by atoms with van der Waals surface area (Å²) < 4.78 is 5.58. The molecule has 1 rings (SSSR count). The molecule has 4 nitrogen and oxygen atoms in total. The third-order valence-corrected chi connectivity index (χ3v) is 3.21. The zero-order valence-corrected chi connectivity index (χ0v) is 12.3. The fourth-order valence-electron chi connectivity index (χ4n) is 1.34. The molecule has 0 spiro atoms. The second-order valence-corrected chi connectivity index (χ2v) is 5.72. The van der Waals surface area contributed by atoms with Crippen LogP contribution in [0.3, 0.4) is 0 Å². The van der Waals surface area contributed by atoms with Crippen molar-refractivity contribution in [1.82, 2.24) is 0 Å². The summed E-state index contributed by atoms with van der Waals surface area (Å²) in [5, 5.41) is 2.84. The second-order valence-electron chi connectivity index (χ2n) is 4.62. The van der Waals surface area contributed by atoms with Gasteiger partial charge < -0.3 is 15.8 Å². The molecule has 0 atom stereocenters. The molecule has 0 radical (unpaired) electrons. The van der Waals surface area contributed by atoms with E-state index in [9.17, 15) is 4.79 Å². The summed E-state index contributed by atoms with van der Waals surface area (Å²) >= 11 is 1.53. The van der Waals surface area contributed by atoms with Crippen LogP contribution in [0.15, 0.2) is 24.3 Å². The minimum Gasteiger partial charge on any atom is -0.493 e. The number of rotatable bonds is 8. The van der Waals surface area contributed by atoms with Crippen molar-refractivity contribution in [3.05, 3.63) is 24.3 Å². The number of amides is 1. The van der Waals surface area contributed by atoms with Gasteiger partial charge in [0.15, 0.2) is 0 Å². The first kappa shape index (κ1) is 15.9. The normalized spacial score (nSPS) is 10.5. The van der Waals surface area contributed by atoms with Gasteiger partial charge in [-0.2, -0.15) is 11.8 Å². The van der Waals surface area contributed by atoms with Crippen molar-refractivity contribution in [1.29, 1.82) is 0 Å². The van der Waals surface area contributed by atoms with Gasteiger partial charge in [-0.3, -0.25) is 4.79 Å². The molecule has 1 aromatic rings. The van der Waals surface area contributed by atoms with E-state index in [1.807, 2.05) is 24.3 Å². The fourth-order valence-corrected chi connectivity index (χ4v) is 1.91. The second kappa shape index (κ2) is 8.82. The first-order chi connectivity index (χ1) is 9.11. The molecular formula is C14H22N2O2S. The first-order valence-corrected chi connectivity index (χ1v) is 7.58. The van der Waals surface area contributed by atoms with Gasteiger partial charge in [-0.05, 0) is 30.2 Å². The van der Waals surface area contributed by atoms with E-state index >= 15 is 0 Å². The van der Waals surface area contributed by atoms with Crippen molar-refractivity contribution < 1.29 is 9.53 Å². The van der Waals surface area contributed by atoms with E-state index in [0.717, 1.165) is 17.2 Å². The van der Waals surface area contributed by atoms with Crippen LogP contribution in [0.2, 0.25) is 0 Å². The molecule has 1 aromatic carbocycles. The van der Waals surface area contributed by atoms with Crippen LogP contribution in [-0.4, -0.2) is 30.6 Å². The number of hydrogen-bond donors (Lipinski definition) is 2. The third-order valence-electron chi connectivity index (χ3n) is 2.22. The average molecular weight is 282 g/mol. The van der Waals surface area contributed by atoms with Crippen LogP contribution in [0.1, 0.15) is 13.8 Å². The quantitative estimate of drug-likeness (QED) is 0.718. The largest absolute Gasteiger partial charge is 0.493 e. The van der Waals surface area contributed by atoms with Crippen LogP contribution in [0.4, 0.5) is 5.69 Å². The summed E-state index contributed by atoms with van der Waals surface area (Å²) in [6.45, 7) is 5.50. The minimum absolute atomic E-state index is 0.00528. The minimum atomic E-state index is -0.00528. The molecule has 5 heteroatoms. The Kier molecular flexibility index (Phi) is 7.36. The molecule has 0 unspecified atom stereocenters. The van der Waals surface area contributed by atoms with Crippen molar-refractivity contribution >= 4 is 23.4 Å². The number of nitrogens with two attached hydrogens (primary N) is 1. The number of carbonyl (C=O) groups is 1. The Hall–Kier alpha value is -1.20. The van der Waals surface area contributed by atoms with Crippen LogP contribution in [0.5, 0.6) is 5.75 Å². The van der Waals surface area contributed by atoms with E-state index in [0.29, 0.717) is 24.8 Å². The lowest BCUT2D eigenvalue weighted by Gasteiger charge is -2.09. The maximum atomic E-state index is 11.6. The number of hydrogen-bond acceptors (Lipinski definition) is 4. The SMILES string of the molecule is CC(C)COc1ccc(NC(=O)CSCCN)cc1. The van der Waals surface area contributed by atoms with Crippen molar-refractivity contribution in [3.63, 3.8) is 0 Å². The predicted molar refractivity (Wildman–Crippen MR) is 81.8 cm³/mol. The summed E-state index contributed by atoms with van der Waals surface area (Å²) in [7, 11) is 0. The predicted octanol–water partition coefficient (Wildman–Crippen LogP) is 2.35. The highest BCUT2D eigenvalue weighted by Gasteiger charge is 2.03. The number of ether oxygens (including phenoxy) is 1. The molecule has 1 amide bonds. The molecule has 0 bridgehead atoms. The van der Waals surface area contributed by atoms with E-state index in [2.05, 4.69) is 19.2 Å². The molecule has 0 fully saturated rings. The Morgan fingerprint density at radius 1 is 1.37 bits per heavy atom. The lowest BCUT2D eigenvalue weighted by atomic mass is 10.2. The van der Waals surface area contributed by atoms with Crippen LogP contribution < -0.4 is 15.8 Å². The van der Waals surface area contributed by atoms with Gasteiger partial charge >= 0.3 is 0 Å². The molecule has 0 heterocycles. The van der Waals surface area contributed by atoms with E-state index in [1.165, 1.54) is 11.8 Å². The summed E-state index contributed by atoms with van der Waals surface area (Å²) in [6, 6.07) is 7.43. The molecule has 0 saturated carbocycles. The molecule has 0 saturated heterocycles. The highest BCUT2D eigenvalue weighted by atomic mass is 32.2. The Morgan fingerprint density at radius 3 is 2.63 bits per heavy atom. The maximum absolute atomic E-state index is 11.6. The lowest BCUT2D eigenvalue weighted by molar-refractivity contribution is -0.113. The number of anilines is 1. The monoisotopic (exact) mass is 282 g/mol. The van der Waals surface area contributed by atoms with Gasteiger partial charge in [0.25, 0.3) is 0 Å². The van der Waals surface area contributed by atoms with Gasteiger partial charge in [0.1, 0.15) is 5.75 Å². The third kappa shape index (κ3) is 7.08. The Labute approximate surface area is 119 Å². The summed E-state index contributed by atoms with van der Waals surface area (Å²) in [4.78, 5) is 11.6. The number of nitrogens with one attached hydrogen (secondary N) is 1. The smallest absolute Gasteiger partial charge is 0.234 e. The van der Waals surface area contributed by atoms with E-state index in [-0.39, 0.29) is 5.91 Å². The van der Waals surface area contributed by atoms with E-state index in [1.54, 1.807) is 0 Å². The van der Waals surface area contributed by atoms with E-state index in [4.69, 9.17) is 10.5 Å². The fraction of sp³-hybridized carbons (Fsp3) is 0.500. The summed E-state index contributed by atoms with van der Waals surface area (Å²) in [5.74, 6) is 2.55. The summed E-state index contributed by atoms with van der Waals surface area (Å²) in [6.07, 6.45) is 0. The maximum Gasteiger partial charge on any atom is 0.234 e. The molecule has 0 aliphatic rings. The Balaban J connectivity index is 2.37.